The van der Waals surface area contributed by atoms with Crippen LogP contribution in [0.4, 0.5) is 0 Å². The average molecular weight is 339 g/mol. The second kappa shape index (κ2) is 7.18. The molecular formula is C21H25NO3. The lowest BCUT2D eigenvalue weighted by Crippen LogP contribution is -2.29. The minimum atomic E-state index is -0.426. The van der Waals surface area contributed by atoms with Crippen LogP contribution in [-0.4, -0.2) is 5.91 Å². The molecule has 2 aromatic rings. The minimum Gasteiger partial charge on any atom is -0.447 e. The van der Waals surface area contributed by atoms with Crippen LogP contribution in [0.3, 0.4) is 0 Å². The third kappa shape index (κ3) is 3.78. The highest BCUT2D eigenvalue weighted by atomic mass is 16.7. The van der Waals surface area contributed by atoms with Crippen molar-refractivity contribution in [2.75, 3.05) is 0 Å². The Balaban J connectivity index is 1.85. The van der Waals surface area contributed by atoms with E-state index in [1.807, 2.05) is 48.5 Å². The van der Waals surface area contributed by atoms with E-state index >= 15 is 0 Å². The SMILES string of the molecule is CCCCC(C)(CC(N)=O)c1ccc2c(c1)OC(c1ccccc1)O2. The first-order valence-corrected chi connectivity index (χ1v) is 8.83. The van der Waals surface area contributed by atoms with Crippen molar-refractivity contribution in [2.45, 2.75) is 51.2 Å². The Morgan fingerprint density at radius 2 is 1.84 bits per heavy atom. The molecule has 0 aliphatic carbocycles. The molecule has 0 saturated heterocycles. The van der Waals surface area contributed by atoms with Crippen LogP contribution in [0.15, 0.2) is 48.5 Å². The van der Waals surface area contributed by atoms with Crippen molar-refractivity contribution in [3.63, 3.8) is 0 Å². The number of unbranched alkanes of at least 4 members (excludes halogenated alkanes) is 1. The van der Waals surface area contributed by atoms with E-state index in [0.29, 0.717) is 6.42 Å². The number of hydrogen-bond donors (Lipinski definition) is 1. The number of carbonyl (C=O) groups is 1. The molecule has 132 valence electrons. The Morgan fingerprint density at radius 3 is 2.52 bits per heavy atom. The Bertz CT molecular complexity index is 744. The number of primary amides is 1. The fourth-order valence-corrected chi connectivity index (χ4v) is 3.36. The van der Waals surface area contributed by atoms with Crippen molar-refractivity contribution in [1.29, 1.82) is 0 Å². The van der Waals surface area contributed by atoms with Gasteiger partial charge in [-0.05, 0) is 24.1 Å². The number of rotatable bonds is 7. The minimum absolute atomic E-state index is 0.279. The molecule has 1 heterocycles. The van der Waals surface area contributed by atoms with Gasteiger partial charge in [-0.25, -0.2) is 0 Å². The molecule has 2 aromatic carbocycles. The molecule has 0 fully saturated rings. The smallest absolute Gasteiger partial charge is 0.267 e. The Labute approximate surface area is 148 Å². The molecule has 0 aromatic heterocycles. The zero-order valence-corrected chi connectivity index (χ0v) is 14.8. The lowest BCUT2D eigenvalue weighted by atomic mass is 9.75. The normalized spacial score (nSPS) is 17.9. The average Bonchev–Trinajstić information content (AvgIpc) is 3.03. The van der Waals surface area contributed by atoms with Crippen LogP contribution >= 0.6 is 0 Å². The van der Waals surface area contributed by atoms with Crippen molar-refractivity contribution in [3.8, 4) is 11.5 Å². The summed E-state index contributed by atoms with van der Waals surface area (Å²) in [6, 6.07) is 15.8. The second-order valence-electron chi connectivity index (χ2n) is 6.95. The number of ether oxygens (including phenoxy) is 2. The fraction of sp³-hybridized carbons (Fsp3) is 0.381. The van der Waals surface area contributed by atoms with Gasteiger partial charge < -0.3 is 15.2 Å². The van der Waals surface area contributed by atoms with Gasteiger partial charge in [0, 0.05) is 17.4 Å². The summed E-state index contributed by atoms with van der Waals surface area (Å²) in [5, 5.41) is 0. The first-order chi connectivity index (χ1) is 12.0. The van der Waals surface area contributed by atoms with Gasteiger partial charge in [0.2, 0.25) is 5.91 Å². The van der Waals surface area contributed by atoms with Crippen LogP contribution in [0.5, 0.6) is 11.5 Å². The molecule has 0 saturated carbocycles. The molecule has 0 radical (unpaired) electrons. The molecule has 2 atom stereocenters. The van der Waals surface area contributed by atoms with Gasteiger partial charge in [-0.15, -0.1) is 0 Å². The summed E-state index contributed by atoms with van der Waals surface area (Å²) in [5.41, 5.74) is 7.26. The van der Waals surface area contributed by atoms with E-state index in [0.717, 1.165) is 41.9 Å². The zero-order valence-electron chi connectivity index (χ0n) is 14.8. The van der Waals surface area contributed by atoms with Crippen molar-refractivity contribution in [2.24, 2.45) is 5.73 Å². The van der Waals surface area contributed by atoms with E-state index in [4.69, 9.17) is 15.2 Å². The summed E-state index contributed by atoms with van der Waals surface area (Å²) in [6.07, 6.45) is 2.94. The van der Waals surface area contributed by atoms with E-state index in [9.17, 15) is 4.79 Å². The Kier molecular flexibility index (Phi) is 4.98. The molecule has 0 bridgehead atoms. The van der Waals surface area contributed by atoms with Crippen LogP contribution in [0.25, 0.3) is 0 Å². The van der Waals surface area contributed by atoms with E-state index in [-0.39, 0.29) is 11.3 Å². The summed E-state index contributed by atoms with van der Waals surface area (Å²) in [4.78, 5) is 11.6. The predicted molar refractivity (Wildman–Crippen MR) is 97.6 cm³/mol. The number of amides is 1. The van der Waals surface area contributed by atoms with Crippen molar-refractivity contribution in [1.82, 2.24) is 0 Å². The molecule has 4 heteroatoms. The first-order valence-electron chi connectivity index (χ1n) is 8.83. The topological polar surface area (TPSA) is 61.6 Å². The van der Waals surface area contributed by atoms with Gasteiger partial charge in [0.15, 0.2) is 11.5 Å². The molecule has 4 nitrogen and oxygen atoms in total. The molecule has 3 rings (SSSR count). The maximum Gasteiger partial charge on any atom is 0.267 e. The number of hydrogen-bond acceptors (Lipinski definition) is 3. The maximum absolute atomic E-state index is 11.6. The highest BCUT2D eigenvalue weighted by Gasteiger charge is 2.32. The van der Waals surface area contributed by atoms with E-state index in [2.05, 4.69) is 13.8 Å². The number of carbonyl (C=O) groups excluding carboxylic acids is 1. The molecule has 25 heavy (non-hydrogen) atoms. The number of nitrogens with two attached hydrogens (primary N) is 1. The predicted octanol–water partition coefficient (Wildman–Crippen LogP) is 4.48. The van der Waals surface area contributed by atoms with Crippen molar-refractivity contribution >= 4 is 5.91 Å². The summed E-state index contributed by atoms with van der Waals surface area (Å²) in [6.45, 7) is 4.24. The Hall–Kier alpha value is -2.49. The van der Waals surface area contributed by atoms with Crippen LogP contribution < -0.4 is 15.2 Å². The zero-order chi connectivity index (χ0) is 17.9. The molecule has 0 spiro atoms. The van der Waals surface area contributed by atoms with Crippen molar-refractivity contribution < 1.29 is 14.3 Å². The monoisotopic (exact) mass is 339 g/mol. The molecule has 1 aliphatic heterocycles. The van der Waals surface area contributed by atoms with Gasteiger partial charge in [0.1, 0.15) is 0 Å². The lowest BCUT2D eigenvalue weighted by Gasteiger charge is -2.29. The van der Waals surface area contributed by atoms with Crippen LogP contribution in [0.2, 0.25) is 0 Å². The maximum atomic E-state index is 11.6. The van der Waals surface area contributed by atoms with Gasteiger partial charge >= 0.3 is 0 Å². The van der Waals surface area contributed by atoms with Crippen molar-refractivity contribution in [3.05, 3.63) is 59.7 Å². The largest absolute Gasteiger partial charge is 0.447 e. The van der Waals surface area contributed by atoms with Gasteiger partial charge in [0.25, 0.3) is 6.29 Å². The third-order valence-electron chi connectivity index (χ3n) is 4.83. The summed E-state index contributed by atoms with van der Waals surface area (Å²) in [5.74, 6) is 1.17. The molecular weight excluding hydrogens is 314 g/mol. The molecule has 1 aliphatic rings. The molecule has 2 N–H and O–H groups in total. The van der Waals surface area contributed by atoms with E-state index < -0.39 is 6.29 Å². The Morgan fingerprint density at radius 1 is 1.12 bits per heavy atom. The second-order valence-corrected chi connectivity index (χ2v) is 6.95. The van der Waals surface area contributed by atoms with Gasteiger partial charge in [0.05, 0.1) is 0 Å². The van der Waals surface area contributed by atoms with E-state index in [1.54, 1.807) is 0 Å². The fourth-order valence-electron chi connectivity index (χ4n) is 3.36. The standard InChI is InChI=1S/C21H25NO3/c1-3-4-12-21(2,14-19(22)23)16-10-11-17-18(13-16)25-20(24-17)15-8-6-5-7-9-15/h5-11,13,20H,3-4,12,14H2,1-2H3,(H2,22,23). The first kappa shape index (κ1) is 17.3. The van der Waals surface area contributed by atoms with E-state index in [1.165, 1.54) is 0 Å². The molecule has 2 unspecified atom stereocenters. The van der Waals surface area contributed by atoms with Crippen LogP contribution in [-0.2, 0) is 10.2 Å². The van der Waals surface area contributed by atoms with Gasteiger partial charge in [-0.3, -0.25) is 4.79 Å². The summed E-state index contributed by atoms with van der Waals surface area (Å²) >= 11 is 0. The summed E-state index contributed by atoms with van der Waals surface area (Å²) < 4.78 is 11.9. The van der Waals surface area contributed by atoms with Gasteiger partial charge in [-0.2, -0.15) is 0 Å². The van der Waals surface area contributed by atoms with Gasteiger partial charge in [-0.1, -0.05) is 63.1 Å². The van der Waals surface area contributed by atoms with Crippen LogP contribution in [0.1, 0.15) is 56.9 Å². The highest BCUT2D eigenvalue weighted by Crippen LogP contribution is 2.44. The van der Waals surface area contributed by atoms with Crippen LogP contribution in [0, 0.1) is 0 Å². The number of fused-ring (bicyclic) bond motifs is 1. The highest BCUT2D eigenvalue weighted by molar-refractivity contribution is 5.75. The third-order valence-corrected chi connectivity index (χ3v) is 4.83. The quantitative estimate of drug-likeness (QED) is 0.809. The number of benzene rings is 2. The summed E-state index contributed by atoms with van der Waals surface area (Å²) in [7, 11) is 0. The molecule has 1 amide bonds. The lowest BCUT2D eigenvalue weighted by molar-refractivity contribution is -0.119.